The van der Waals surface area contributed by atoms with E-state index >= 15 is 0 Å². The fourth-order valence-electron chi connectivity index (χ4n) is 4.02. The molecule has 3 aliphatic rings. The third-order valence-electron chi connectivity index (χ3n) is 5.38. The van der Waals surface area contributed by atoms with E-state index in [1.54, 1.807) is 12.3 Å². The number of hydrogen-bond acceptors (Lipinski definition) is 2. The summed E-state index contributed by atoms with van der Waals surface area (Å²) >= 11 is 5.91. The second-order valence-corrected chi connectivity index (χ2v) is 7.60. The Labute approximate surface area is 172 Å². The van der Waals surface area contributed by atoms with E-state index in [-0.39, 0.29) is 5.02 Å². The summed E-state index contributed by atoms with van der Waals surface area (Å²) in [5.41, 5.74) is 2.75. The van der Waals surface area contributed by atoms with Crippen LogP contribution >= 0.6 is 11.6 Å². The Morgan fingerprint density at radius 1 is 1.14 bits per heavy atom. The van der Waals surface area contributed by atoms with Crippen LogP contribution in [0, 0.1) is 0 Å². The number of nitrogens with one attached hydrogen (secondary N) is 1. The van der Waals surface area contributed by atoms with Crippen molar-refractivity contribution < 1.29 is 13.2 Å². The molecule has 0 bridgehead atoms. The first kappa shape index (κ1) is 19.8. The van der Waals surface area contributed by atoms with E-state index in [4.69, 9.17) is 11.6 Å². The number of halogens is 4. The van der Waals surface area contributed by atoms with Crippen molar-refractivity contribution in [2.24, 2.45) is 4.99 Å². The molecule has 0 aromatic heterocycles. The van der Waals surface area contributed by atoms with Crippen LogP contribution in [0.3, 0.4) is 0 Å². The zero-order valence-electron chi connectivity index (χ0n) is 15.6. The standard InChI is InChI=1S/C19H14ClF3.C4H6N2/c20-18-10-16-12(9-17(18)19(21,22)23)6-8-14-13-4-2-1-3-11(13)5-7-15(14)16;1-2-6-4-3-5-1/h3,5-10,13H,1-2,4H2;1-3,6H,4H2/t13-;/m1./s1. The molecule has 0 saturated heterocycles. The Bertz CT molecular complexity index is 1040. The first-order chi connectivity index (χ1) is 13.9. The van der Waals surface area contributed by atoms with Crippen molar-refractivity contribution in [2.75, 3.05) is 6.54 Å². The molecule has 0 spiro atoms. The molecule has 2 aromatic rings. The molecule has 0 saturated carbocycles. The molecule has 150 valence electrons. The van der Waals surface area contributed by atoms with Gasteiger partial charge in [0.05, 0.1) is 10.6 Å². The molecule has 1 atom stereocenters. The van der Waals surface area contributed by atoms with Crippen molar-refractivity contribution in [1.29, 1.82) is 0 Å². The summed E-state index contributed by atoms with van der Waals surface area (Å²) in [6.07, 6.45) is 10.6. The molecule has 2 aliphatic carbocycles. The molecule has 0 unspecified atom stereocenters. The number of allylic oxidation sites excluding steroid dienone is 3. The van der Waals surface area contributed by atoms with Crippen molar-refractivity contribution in [3.63, 3.8) is 0 Å². The van der Waals surface area contributed by atoms with Crippen LogP contribution in [0.15, 0.2) is 59.4 Å². The predicted octanol–water partition coefficient (Wildman–Crippen LogP) is 6.86. The lowest BCUT2D eigenvalue weighted by Gasteiger charge is -2.28. The van der Waals surface area contributed by atoms with Crippen LogP contribution in [0.25, 0.3) is 16.8 Å². The average molecular weight is 417 g/mol. The van der Waals surface area contributed by atoms with E-state index in [0.717, 1.165) is 42.8 Å². The molecule has 1 heterocycles. The van der Waals surface area contributed by atoms with Crippen LogP contribution in [-0.2, 0) is 6.18 Å². The van der Waals surface area contributed by atoms with Gasteiger partial charge in [-0.15, -0.1) is 0 Å². The summed E-state index contributed by atoms with van der Waals surface area (Å²) in [4.78, 5) is 3.81. The molecule has 0 radical (unpaired) electrons. The van der Waals surface area contributed by atoms with Gasteiger partial charge in [0.25, 0.3) is 0 Å². The Hall–Kier alpha value is -2.53. The van der Waals surface area contributed by atoms with Gasteiger partial charge < -0.3 is 5.32 Å². The highest BCUT2D eigenvalue weighted by atomic mass is 35.5. The maximum absolute atomic E-state index is 13.0. The first-order valence-corrected chi connectivity index (χ1v) is 9.94. The summed E-state index contributed by atoms with van der Waals surface area (Å²) < 4.78 is 39.1. The molecular weight excluding hydrogens is 397 g/mol. The van der Waals surface area contributed by atoms with Crippen LogP contribution in [0.1, 0.15) is 41.9 Å². The van der Waals surface area contributed by atoms with Crippen molar-refractivity contribution in [3.8, 4) is 0 Å². The van der Waals surface area contributed by atoms with Crippen LogP contribution in [0.4, 0.5) is 13.2 Å². The molecule has 0 fully saturated rings. The largest absolute Gasteiger partial charge is 0.417 e. The highest BCUT2D eigenvalue weighted by Gasteiger charge is 2.34. The lowest BCUT2D eigenvalue weighted by atomic mass is 9.76. The maximum atomic E-state index is 13.0. The molecule has 5 rings (SSSR count). The van der Waals surface area contributed by atoms with Gasteiger partial charge in [0.2, 0.25) is 0 Å². The quantitative estimate of drug-likeness (QED) is 0.498. The molecule has 2 nitrogen and oxygen atoms in total. The van der Waals surface area contributed by atoms with E-state index in [1.165, 1.54) is 17.2 Å². The predicted molar refractivity (Wildman–Crippen MR) is 113 cm³/mol. The Morgan fingerprint density at radius 3 is 2.66 bits per heavy atom. The zero-order valence-corrected chi connectivity index (χ0v) is 16.4. The second kappa shape index (κ2) is 8.07. The minimum Gasteiger partial charge on any atom is -0.385 e. The Morgan fingerprint density at radius 2 is 2.00 bits per heavy atom. The summed E-state index contributed by atoms with van der Waals surface area (Å²) in [6, 6.07) is 6.36. The maximum Gasteiger partial charge on any atom is 0.417 e. The Balaban J connectivity index is 0.000000294. The lowest BCUT2D eigenvalue weighted by molar-refractivity contribution is -0.137. The van der Waals surface area contributed by atoms with Gasteiger partial charge in [0.1, 0.15) is 0 Å². The third-order valence-corrected chi connectivity index (χ3v) is 5.69. The fourth-order valence-corrected chi connectivity index (χ4v) is 4.29. The minimum atomic E-state index is -4.43. The molecule has 6 heteroatoms. The van der Waals surface area contributed by atoms with E-state index < -0.39 is 11.7 Å². The van der Waals surface area contributed by atoms with Gasteiger partial charge in [0.15, 0.2) is 0 Å². The van der Waals surface area contributed by atoms with Crippen molar-refractivity contribution in [3.05, 3.63) is 76.1 Å². The first-order valence-electron chi connectivity index (χ1n) is 9.56. The van der Waals surface area contributed by atoms with E-state index in [1.807, 2.05) is 24.6 Å². The number of nitrogens with zero attached hydrogens (tertiary/aromatic N) is 1. The summed E-state index contributed by atoms with van der Waals surface area (Å²) in [7, 11) is 0. The molecule has 1 aliphatic heterocycles. The fraction of sp³-hybridized carbons (Fsp3) is 0.261. The highest BCUT2D eigenvalue weighted by molar-refractivity contribution is 6.32. The third kappa shape index (κ3) is 4.10. The average Bonchev–Trinajstić information content (AvgIpc) is 2.74. The van der Waals surface area contributed by atoms with Gasteiger partial charge in [-0.1, -0.05) is 42.0 Å². The highest BCUT2D eigenvalue weighted by Crippen LogP contribution is 2.44. The number of alkyl halides is 3. The normalized spacial score (nSPS) is 19.6. The Kier molecular flexibility index (Phi) is 5.50. The minimum absolute atomic E-state index is 0.239. The summed E-state index contributed by atoms with van der Waals surface area (Å²) in [5.74, 6) is 0.356. The molecule has 2 aromatic carbocycles. The second-order valence-electron chi connectivity index (χ2n) is 7.20. The molecular formula is C23H20ClF3N2. The van der Waals surface area contributed by atoms with Crippen molar-refractivity contribution in [1.82, 2.24) is 5.32 Å². The van der Waals surface area contributed by atoms with Gasteiger partial charge in [-0.25, -0.2) is 0 Å². The zero-order chi connectivity index (χ0) is 20.4. The number of hydrogen-bond donors (Lipinski definition) is 1. The lowest BCUT2D eigenvalue weighted by Crippen LogP contribution is -2.11. The van der Waals surface area contributed by atoms with E-state index in [2.05, 4.69) is 22.5 Å². The number of benzene rings is 2. The van der Waals surface area contributed by atoms with E-state index in [0.29, 0.717) is 11.3 Å². The van der Waals surface area contributed by atoms with Crippen LogP contribution in [-0.4, -0.2) is 12.8 Å². The van der Waals surface area contributed by atoms with Crippen LogP contribution < -0.4 is 5.32 Å². The SMILES string of the molecule is C1=CNCC=N1.FC(F)(F)c1cc2ccc3c(c2cc1Cl)C=CC1=CCCC[C@H]13. The van der Waals surface area contributed by atoms with Gasteiger partial charge in [-0.2, -0.15) is 13.2 Å². The number of aliphatic imine (C=N–C) groups is 1. The molecule has 0 amide bonds. The van der Waals surface area contributed by atoms with Gasteiger partial charge in [0, 0.05) is 31.1 Å². The van der Waals surface area contributed by atoms with Crippen molar-refractivity contribution in [2.45, 2.75) is 31.4 Å². The number of rotatable bonds is 0. The molecule has 1 N–H and O–H groups in total. The van der Waals surface area contributed by atoms with Crippen LogP contribution in [0.5, 0.6) is 0 Å². The summed E-state index contributed by atoms with van der Waals surface area (Å²) in [5, 5.41) is 4.09. The van der Waals surface area contributed by atoms with Gasteiger partial charge in [-0.3, -0.25) is 4.99 Å². The monoisotopic (exact) mass is 416 g/mol. The van der Waals surface area contributed by atoms with Crippen LogP contribution in [0.2, 0.25) is 5.02 Å². The topological polar surface area (TPSA) is 24.4 Å². The molecule has 29 heavy (non-hydrogen) atoms. The summed E-state index contributed by atoms with van der Waals surface area (Å²) in [6.45, 7) is 0.872. The van der Waals surface area contributed by atoms with Gasteiger partial charge >= 0.3 is 6.18 Å². The van der Waals surface area contributed by atoms with E-state index in [9.17, 15) is 13.2 Å². The smallest absolute Gasteiger partial charge is 0.385 e. The van der Waals surface area contributed by atoms with Gasteiger partial charge in [-0.05, 0) is 58.9 Å². The van der Waals surface area contributed by atoms with Crippen molar-refractivity contribution >= 4 is 34.7 Å². The number of fused-ring (bicyclic) bond motifs is 5.